The summed E-state index contributed by atoms with van der Waals surface area (Å²) in [5, 5.41) is 23.0. The molecular formula is C19H22ClN5OS2. The Bertz CT molecular complexity index is 942. The molecule has 0 saturated carbocycles. The van der Waals surface area contributed by atoms with E-state index in [2.05, 4.69) is 15.8 Å². The third-order valence-electron chi connectivity index (χ3n) is 4.67. The highest BCUT2D eigenvalue weighted by Gasteiger charge is 2.50. The number of rotatable bonds is 5. The summed E-state index contributed by atoms with van der Waals surface area (Å²) >= 11 is 6.91. The van der Waals surface area contributed by atoms with Crippen LogP contribution in [0, 0.1) is 10.8 Å². The van der Waals surface area contributed by atoms with Crippen LogP contribution in [0.1, 0.15) is 25.6 Å². The molecule has 1 saturated heterocycles. The Morgan fingerprint density at radius 2 is 2.11 bits per heavy atom. The number of hydrazone groups is 1. The van der Waals surface area contributed by atoms with Crippen LogP contribution in [-0.2, 0) is 16.7 Å². The number of nitrogens with one attached hydrogen (secondary N) is 4. The topological polar surface area (TPSA) is 107 Å². The molecule has 1 aromatic heterocycles. The SMILES string of the molecule is CC1(C)C(=N)N[C@](C)(c2sc(-c3cccc(N/N=C\C=N)c3)cc2Cl)C[S+]1[O-]. The van der Waals surface area contributed by atoms with Crippen molar-refractivity contribution in [1.29, 1.82) is 10.8 Å². The normalized spacial score (nSPS) is 24.2. The van der Waals surface area contributed by atoms with E-state index < -0.39 is 21.5 Å². The molecule has 9 heteroatoms. The molecule has 148 valence electrons. The standard InChI is InChI=1S/C19H22ClN5OS2/c1-18(2)17(22)24-19(3,11-28(18)26)16-14(20)10-15(27-16)12-5-4-6-13(9-12)25-23-8-7-21/h4-10,21,25H,11H2,1-3H3,(H2,22,24)/b21-7?,23-8-/t19-,28?/m0/s1. The largest absolute Gasteiger partial charge is 0.616 e. The van der Waals surface area contributed by atoms with Crippen LogP contribution in [0.2, 0.25) is 5.02 Å². The summed E-state index contributed by atoms with van der Waals surface area (Å²) in [5.74, 6) is 0.656. The van der Waals surface area contributed by atoms with Gasteiger partial charge < -0.3 is 15.3 Å². The molecule has 1 aliphatic heterocycles. The summed E-state index contributed by atoms with van der Waals surface area (Å²) < 4.78 is 12.0. The highest BCUT2D eigenvalue weighted by molar-refractivity contribution is 7.93. The number of nitrogens with zero attached hydrogens (tertiary/aromatic N) is 1. The van der Waals surface area contributed by atoms with Gasteiger partial charge in [0.15, 0.2) is 10.6 Å². The third kappa shape index (κ3) is 3.96. The van der Waals surface area contributed by atoms with Gasteiger partial charge in [-0.2, -0.15) is 5.10 Å². The zero-order valence-corrected chi connectivity index (χ0v) is 18.2. The van der Waals surface area contributed by atoms with Crippen molar-refractivity contribution in [3.05, 3.63) is 40.2 Å². The number of halogens is 1. The van der Waals surface area contributed by atoms with Crippen molar-refractivity contribution >= 4 is 58.1 Å². The lowest BCUT2D eigenvalue weighted by Crippen LogP contribution is -2.63. The molecule has 28 heavy (non-hydrogen) atoms. The monoisotopic (exact) mass is 435 g/mol. The van der Waals surface area contributed by atoms with Crippen molar-refractivity contribution in [3.8, 4) is 10.4 Å². The molecular weight excluding hydrogens is 414 g/mol. The lowest BCUT2D eigenvalue weighted by Gasteiger charge is -2.43. The average Bonchev–Trinajstić information content (AvgIpc) is 3.03. The van der Waals surface area contributed by atoms with Gasteiger partial charge in [0.2, 0.25) is 0 Å². The van der Waals surface area contributed by atoms with Gasteiger partial charge in [0.05, 0.1) is 21.8 Å². The van der Waals surface area contributed by atoms with Crippen LogP contribution in [0.15, 0.2) is 35.4 Å². The second kappa shape index (κ2) is 7.87. The zero-order valence-electron chi connectivity index (χ0n) is 15.8. The first kappa shape index (κ1) is 20.9. The first-order valence-corrected chi connectivity index (χ1v) is 11.1. The van der Waals surface area contributed by atoms with Crippen LogP contribution in [-0.4, -0.2) is 33.3 Å². The fraction of sp³-hybridized carbons (Fsp3) is 0.316. The molecule has 2 heterocycles. The highest BCUT2D eigenvalue weighted by atomic mass is 35.5. The van der Waals surface area contributed by atoms with Crippen molar-refractivity contribution in [3.63, 3.8) is 0 Å². The second-order valence-corrected chi connectivity index (χ2v) is 10.7. The molecule has 4 N–H and O–H groups in total. The number of anilines is 1. The third-order valence-corrected chi connectivity index (χ3v) is 8.71. The van der Waals surface area contributed by atoms with Gasteiger partial charge in [-0.15, -0.1) is 11.3 Å². The summed E-state index contributed by atoms with van der Waals surface area (Å²) in [5.41, 5.74) is 4.00. The van der Waals surface area contributed by atoms with Crippen LogP contribution < -0.4 is 10.7 Å². The smallest absolute Gasteiger partial charge is 0.176 e. The van der Waals surface area contributed by atoms with E-state index in [9.17, 15) is 4.55 Å². The van der Waals surface area contributed by atoms with E-state index in [0.29, 0.717) is 10.8 Å². The second-order valence-electron chi connectivity index (χ2n) is 7.26. The van der Waals surface area contributed by atoms with E-state index in [1.54, 1.807) is 0 Å². The van der Waals surface area contributed by atoms with Gasteiger partial charge in [-0.25, -0.2) is 0 Å². The quantitative estimate of drug-likeness (QED) is 0.316. The van der Waals surface area contributed by atoms with Gasteiger partial charge in [0.25, 0.3) is 0 Å². The van der Waals surface area contributed by atoms with Gasteiger partial charge in [-0.1, -0.05) is 23.7 Å². The average molecular weight is 436 g/mol. The van der Waals surface area contributed by atoms with E-state index in [-0.39, 0.29) is 5.84 Å². The molecule has 2 atom stereocenters. The van der Waals surface area contributed by atoms with Crippen LogP contribution in [0.3, 0.4) is 0 Å². The summed E-state index contributed by atoms with van der Waals surface area (Å²) in [6, 6.07) is 9.64. The first-order valence-electron chi connectivity index (χ1n) is 8.61. The van der Waals surface area contributed by atoms with Crippen molar-refractivity contribution < 1.29 is 4.55 Å². The molecule has 3 rings (SSSR count). The van der Waals surface area contributed by atoms with Crippen LogP contribution in [0.25, 0.3) is 10.4 Å². The van der Waals surface area contributed by atoms with E-state index in [1.807, 2.05) is 51.1 Å². The van der Waals surface area contributed by atoms with E-state index in [4.69, 9.17) is 22.4 Å². The molecule has 0 bridgehead atoms. The van der Waals surface area contributed by atoms with Crippen molar-refractivity contribution in [2.24, 2.45) is 5.10 Å². The maximum absolute atomic E-state index is 12.7. The lowest BCUT2D eigenvalue weighted by atomic mass is 10.00. The van der Waals surface area contributed by atoms with Crippen molar-refractivity contribution in [1.82, 2.24) is 5.32 Å². The molecule has 1 fully saturated rings. The van der Waals surface area contributed by atoms with E-state index in [1.165, 1.54) is 17.6 Å². The van der Waals surface area contributed by atoms with Gasteiger partial charge in [0, 0.05) is 11.1 Å². The van der Waals surface area contributed by atoms with Crippen molar-refractivity contribution in [2.45, 2.75) is 31.1 Å². The molecule has 1 unspecified atom stereocenters. The molecule has 0 aliphatic carbocycles. The summed E-state index contributed by atoms with van der Waals surface area (Å²) in [6.45, 7) is 5.58. The van der Waals surface area contributed by atoms with Crippen molar-refractivity contribution in [2.75, 3.05) is 11.2 Å². The Hall–Kier alpha value is -1.87. The number of amidine groups is 1. The fourth-order valence-corrected chi connectivity index (χ4v) is 6.04. The first-order chi connectivity index (χ1) is 13.2. The van der Waals surface area contributed by atoms with Gasteiger partial charge in [-0.05, 0) is 55.7 Å². The Labute approximate surface area is 176 Å². The predicted octanol–water partition coefficient (Wildman–Crippen LogP) is 4.44. The molecule has 6 nitrogen and oxygen atoms in total. The Kier molecular flexibility index (Phi) is 5.86. The summed E-state index contributed by atoms with van der Waals surface area (Å²) in [6.07, 6.45) is 2.46. The van der Waals surface area contributed by atoms with Gasteiger partial charge >= 0.3 is 0 Å². The molecule has 0 radical (unpaired) electrons. The van der Waals surface area contributed by atoms with Gasteiger partial charge in [0.1, 0.15) is 11.3 Å². The molecule has 1 aromatic carbocycles. The zero-order chi connectivity index (χ0) is 20.5. The number of hydrogen-bond acceptors (Lipinski definition) is 6. The Morgan fingerprint density at radius 3 is 2.79 bits per heavy atom. The molecule has 2 aromatic rings. The van der Waals surface area contributed by atoms with Crippen LogP contribution >= 0.6 is 22.9 Å². The molecule has 0 spiro atoms. The highest BCUT2D eigenvalue weighted by Crippen LogP contribution is 2.44. The Morgan fingerprint density at radius 1 is 1.36 bits per heavy atom. The Balaban J connectivity index is 1.92. The lowest BCUT2D eigenvalue weighted by molar-refractivity contribution is 0.449. The number of benzene rings is 1. The van der Waals surface area contributed by atoms with E-state index in [0.717, 1.165) is 27.2 Å². The summed E-state index contributed by atoms with van der Waals surface area (Å²) in [4.78, 5) is 1.85. The minimum atomic E-state index is -1.19. The van der Waals surface area contributed by atoms with Gasteiger partial charge in [-0.3, -0.25) is 10.8 Å². The summed E-state index contributed by atoms with van der Waals surface area (Å²) in [7, 11) is 0. The minimum absolute atomic E-state index is 0.265. The predicted molar refractivity (Wildman–Crippen MR) is 121 cm³/mol. The maximum atomic E-state index is 12.7. The fourth-order valence-electron chi connectivity index (χ4n) is 2.92. The molecule has 1 aliphatic rings. The molecule has 0 amide bonds. The van der Waals surface area contributed by atoms with E-state index >= 15 is 0 Å². The maximum Gasteiger partial charge on any atom is 0.176 e. The van der Waals surface area contributed by atoms with Crippen LogP contribution in [0.5, 0.6) is 0 Å². The number of thiophene rings is 1. The number of hydrogen-bond donors (Lipinski definition) is 4. The minimum Gasteiger partial charge on any atom is -0.616 e. The van der Waals surface area contributed by atoms with Crippen LogP contribution in [0.4, 0.5) is 5.69 Å².